The number of halogens is 1. The Morgan fingerprint density at radius 2 is 2.04 bits per heavy atom. The second-order valence-corrected chi connectivity index (χ2v) is 6.80. The number of carbonyl (C=O) groups excluding carboxylic acids is 1. The van der Waals surface area contributed by atoms with Crippen LogP contribution in [0.2, 0.25) is 0 Å². The average molecular weight is 430 g/mol. The molecule has 140 valence electrons. The summed E-state index contributed by atoms with van der Waals surface area (Å²) in [5.74, 6) is 0.828. The number of benzene rings is 2. The van der Waals surface area contributed by atoms with E-state index in [1.54, 1.807) is 11.8 Å². The van der Waals surface area contributed by atoms with E-state index in [4.69, 9.17) is 4.74 Å². The molecular weight excluding hydrogens is 410 g/mol. The Hall–Kier alpha value is -2.87. The Bertz CT molecular complexity index is 895. The monoisotopic (exact) mass is 429 g/mol. The Balaban J connectivity index is 1.44. The quantitative estimate of drug-likeness (QED) is 0.602. The van der Waals surface area contributed by atoms with E-state index in [0.29, 0.717) is 19.5 Å². The standard InChI is InChI=1S/C19H20BrN5O2/c1-27-18-7-5-14(6-8-18)11-17-13-25(24-23-17)10-9-21-19(26)22-16-4-2-3-15(20)12-16/h2-8,12-13H,9-11H2,1H3,(H2,21,22,26). The van der Waals surface area contributed by atoms with Crippen LogP contribution in [-0.4, -0.2) is 34.7 Å². The Kier molecular flexibility index (Phi) is 6.43. The number of hydrogen-bond acceptors (Lipinski definition) is 4. The summed E-state index contributed by atoms with van der Waals surface area (Å²) in [6.45, 7) is 0.993. The molecule has 0 bridgehead atoms. The molecule has 3 aromatic rings. The van der Waals surface area contributed by atoms with Gasteiger partial charge in [-0.2, -0.15) is 0 Å². The van der Waals surface area contributed by atoms with E-state index < -0.39 is 0 Å². The first-order chi connectivity index (χ1) is 13.1. The van der Waals surface area contributed by atoms with E-state index in [1.807, 2.05) is 54.7 Å². The van der Waals surface area contributed by atoms with Gasteiger partial charge in [-0.15, -0.1) is 5.10 Å². The van der Waals surface area contributed by atoms with Crippen LogP contribution in [-0.2, 0) is 13.0 Å². The molecule has 2 N–H and O–H groups in total. The van der Waals surface area contributed by atoms with E-state index in [1.165, 1.54) is 0 Å². The maximum Gasteiger partial charge on any atom is 0.319 e. The van der Waals surface area contributed by atoms with Crippen molar-refractivity contribution in [1.29, 1.82) is 0 Å². The molecule has 0 unspecified atom stereocenters. The second kappa shape index (κ2) is 9.18. The largest absolute Gasteiger partial charge is 0.497 e. The van der Waals surface area contributed by atoms with Gasteiger partial charge in [-0.05, 0) is 35.9 Å². The molecule has 0 aliphatic rings. The second-order valence-electron chi connectivity index (χ2n) is 5.89. The summed E-state index contributed by atoms with van der Waals surface area (Å²) in [5, 5.41) is 13.9. The number of carbonyl (C=O) groups is 1. The molecule has 3 rings (SSSR count). The van der Waals surface area contributed by atoms with Gasteiger partial charge in [0, 0.05) is 29.3 Å². The lowest BCUT2D eigenvalue weighted by Gasteiger charge is -2.07. The van der Waals surface area contributed by atoms with Crippen molar-refractivity contribution in [3.8, 4) is 5.75 Å². The third kappa shape index (κ3) is 5.82. The van der Waals surface area contributed by atoms with Crippen LogP contribution in [0.3, 0.4) is 0 Å². The van der Waals surface area contributed by atoms with Crippen molar-refractivity contribution in [3.05, 3.63) is 70.5 Å². The lowest BCUT2D eigenvalue weighted by atomic mass is 10.1. The molecule has 2 amide bonds. The number of anilines is 1. The summed E-state index contributed by atoms with van der Waals surface area (Å²) >= 11 is 3.37. The first-order valence-corrected chi connectivity index (χ1v) is 9.24. The Morgan fingerprint density at radius 1 is 1.22 bits per heavy atom. The number of methoxy groups -OCH3 is 1. The van der Waals surface area contributed by atoms with Crippen molar-refractivity contribution in [2.24, 2.45) is 0 Å². The third-order valence-electron chi connectivity index (χ3n) is 3.84. The molecule has 2 aromatic carbocycles. The maximum atomic E-state index is 11.9. The van der Waals surface area contributed by atoms with Crippen LogP contribution < -0.4 is 15.4 Å². The lowest BCUT2D eigenvalue weighted by molar-refractivity contribution is 0.251. The highest BCUT2D eigenvalue weighted by molar-refractivity contribution is 9.10. The van der Waals surface area contributed by atoms with Gasteiger partial charge in [-0.3, -0.25) is 4.68 Å². The molecule has 1 aromatic heterocycles. The normalized spacial score (nSPS) is 10.4. The van der Waals surface area contributed by atoms with Gasteiger partial charge in [-0.25, -0.2) is 4.79 Å². The minimum atomic E-state index is -0.258. The van der Waals surface area contributed by atoms with Crippen LogP contribution in [0.25, 0.3) is 0 Å². The number of amides is 2. The van der Waals surface area contributed by atoms with Gasteiger partial charge in [-0.1, -0.05) is 39.3 Å². The van der Waals surface area contributed by atoms with Gasteiger partial charge in [0.25, 0.3) is 0 Å². The Morgan fingerprint density at radius 3 is 2.78 bits per heavy atom. The summed E-state index contributed by atoms with van der Waals surface area (Å²) in [7, 11) is 1.65. The molecular formula is C19H20BrN5O2. The van der Waals surface area contributed by atoms with Crippen molar-refractivity contribution in [3.63, 3.8) is 0 Å². The number of hydrogen-bond donors (Lipinski definition) is 2. The van der Waals surface area contributed by atoms with Gasteiger partial charge in [0.1, 0.15) is 5.75 Å². The fourth-order valence-corrected chi connectivity index (χ4v) is 2.91. The predicted octanol–water partition coefficient (Wildman–Crippen LogP) is 3.46. The Labute approximate surface area is 165 Å². The molecule has 1 heterocycles. The molecule has 0 saturated carbocycles. The van der Waals surface area contributed by atoms with Gasteiger partial charge < -0.3 is 15.4 Å². The van der Waals surface area contributed by atoms with Crippen molar-refractivity contribution in [2.75, 3.05) is 19.0 Å². The smallest absolute Gasteiger partial charge is 0.319 e. The summed E-state index contributed by atoms with van der Waals surface area (Å²) in [4.78, 5) is 11.9. The number of nitrogens with zero attached hydrogens (tertiary/aromatic N) is 3. The molecule has 8 heteroatoms. The predicted molar refractivity (Wildman–Crippen MR) is 107 cm³/mol. The summed E-state index contributed by atoms with van der Waals surface area (Å²) in [6.07, 6.45) is 2.58. The van der Waals surface area contributed by atoms with Gasteiger partial charge in [0.2, 0.25) is 0 Å². The zero-order chi connectivity index (χ0) is 19.1. The molecule has 0 radical (unpaired) electrons. The maximum absolute atomic E-state index is 11.9. The van der Waals surface area contributed by atoms with E-state index >= 15 is 0 Å². The van der Waals surface area contributed by atoms with Crippen LogP contribution in [0.4, 0.5) is 10.5 Å². The van der Waals surface area contributed by atoms with Crippen LogP contribution in [0.5, 0.6) is 5.75 Å². The highest BCUT2D eigenvalue weighted by Gasteiger charge is 2.05. The van der Waals surface area contributed by atoms with Crippen molar-refractivity contribution >= 4 is 27.6 Å². The van der Waals surface area contributed by atoms with Gasteiger partial charge in [0.05, 0.1) is 19.3 Å². The number of rotatable bonds is 7. The molecule has 7 nitrogen and oxygen atoms in total. The number of nitrogens with one attached hydrogen (secondary N) is 2. The molecule has 0 spiro atoms. The fourth-order valence-electron chi connectivity index (χ4n) is 2.51. The minimum Gasteiger partial charge on any atom is -0.497 e. The van der Waals surface area contributed by atoms with Crippen molar-refractivity contribution < 1.29 is 9.53 Å². The number of aromatic nitrogens is 3. The van der Waals surface area contributed by atoms with Gasteiger partial charge >= 0.3 is 6.03 Å². The molecule has 0 fully saturated rings. The highest BCUT2D eigenvalue weighted by Crippen LogP contribution is 2.15. The highest BCUT2D eigenvalue weighted by atomic mass is 79.9. The topological polar surface area (TPSA) is 81.1 Å². The molecule has 0 aliphatic heterocycles. The number of urea groups is 1. The van der Waals surface area contributed by atoms with Crippen LogP contribution in [0.15, 0.2) is 59.2 Å². The zero-order valence-electron chi connectivity index (χ0n) is 14.9. The summed E-state index contributed by atoms with van der Waals surface area (Å²) in [6, 6.07) is 15.0. The minimum absolute atomic E-state index is 0.258. The van der Waals surface area contributed by atoms with E-state index in [-0.39, 0.29) is 6.03 Å². The van der Waals surface area contributed by atoms with Crippen LogP contribution in [0, 0.1) is 0 Å². The SMILES string of the molecule is COc1ccc(Cc2cn(CCNC(=O)Nc3cccc(Br)c3)nn2)cc1. The fraction of sp³-hybridized carbons (Fsp3) is 0.211. The molecule has 0 aliphatic carbocycles. The van der Waals surface area contributed by atoms with E-state index in [0.717, 1.165) is 27.2 Å². The van der Waals surface area contributed by atoms with E-state index in [2.05, 4.69) is 36.9 Å². The summed E-state index contributed by atoms with van der Waals surface area (Å²) in [5.41, 5.74) is 2.73. The molecule has 0 atom stereocenters. The summed E-state index contributed by atoms with van der Waals surface area (Å²) < 4.78 is 7.79. The number of ether oxygens (including phenoxy) is 1. The average Bonchev–Trinajstić information content (AvgIpc) is 3.09. The van der Waals surface area contributed by atoms with Crippen molar-refractivity contribution in [1.82, 2.24) is 20.3 Å². The van der Waals surface area contributed by atoms with Gasteiger partial charge in [0.15, 0.2) is 0 Å². The third-order valence-corrected chi connectivity index (χ3v) is 4.33. The van der Waals surface area contributed by atoms with E-state index in [9.17, 15) is 4.79 Å². The van der Waals surface area contributed by atoms with Crippen LogP contribution >= 0.6 is 15.9 Å². The zero-order valence-corrected chi connectivity index (χ0v) is 16.4. The molecule has 27 heavy (non-hydrogen) atoms. The first-order valence-electron chi connectivity index (χ1n) is 8.45. The lowest BCUT2D eigenvalue weighted by Crippen LogP contribution is -2.31. The van der Waals surface area contributed by atoms with Crippen molar-refractivity contribution in [2.45, 2.75) is 13.0 Å². The first kappa shape index (κ1) is 18.9. The van der Waals surface area contributed by atoms with Crippen LogP contribution in [0.1, 0.15) is 11.3 Å². The molecule has 0 saturated heterocycles.